The minimum atomic E-state index is -0.779. The molecule has 2 aromatic rings. The first-order chi connectivity index (χ1) is 15.5. The second-order valence-corrected chi connectivity index (χ2v) is 7.35. The Morgan fingerprint density at radius 2 is 1.91 bits per heavy atom. The lowest BCUT2D eigenvalue weighted by Crippen LogP contribution is -2.32. The molecule has 0 unspecified atom stereocenters. The van der Waals surface area contributed by atoms with Crippen LogP contribution >= 0.6 is 0 Å². The molecular weight excluding hydrogens is 414 g/mol. The molecule has 0 spiro atoms. The molecule has 2 aromatic carbocycles. The van der Waals surface area contributed by atoms with E-state index in [-0.39, 0.29) is 24.5 Å². The van der Waals surface area contributed by atoms with E-state index in [2.05, 4.69) is 0 Å². The molecular formula is C24H25NO7. The molecule has 1 N–H and O–H groups in total. The lowest BCUT2D eigenvalue weighted by Gasteiger charge is -2.25. The molecule has 0 aliphatic carbocycles. The molecule has 1 amide bonds. The molecule has 8 heteroatoms. The van der Waals surface area contributed by atoms with Gasteiger partial charge in [-0.3, -0.25) is 9.59 Å². The van der Waals surface area contributed by atoms with Crippen LogP contribution in [0, 0.1) is 0 Å². The van der Waals surface area contributed by atoms with E-state index in [0.717, 1.165) is 0 Å². The second kappa shape index (κ2) is 9.32. The summed E-state index contributed by atoms with van der Waals surface area (Å²) in [5.74, 6) is -0.0555. The van der Waals surface area contributed by atoms with E-state index in [1.165, 1.54) is 12.0 Å². The van der Waals surface area contributed by atoms with Gasteiger partial charge in [-0.2, -0.15) is 0 Å². The fourth-order valence-corrected chi connectivity index (χ4v) is 3.93. The number of carbonyl (C=O) groups excluding carboxylic acids is 2. The SMILES string of the molecule is CCOc1cccc([C@@H]2C(=C(O)c3ccc4c(c3)OCCO4)C(=O)C(=O)N2CCOC)c1. The maximum atomic E-state index is 13.0. The summed E-state index contributed by atoms with van der Waals surface area (Å²) >= 11 is 0. The van der Waals surface area contributed by atoms with E-state index in [9.17, 15) is 14.7 Å². The Morgan fingerprint density at radius 3 is 2.66 bits per heavy atom. The highest BCUT2D eigenvalue weighted by Crippen LogP contribution is 2.41. The number of ether oxygens (including phenoxy) is 4. The van der Waals surface area contributed by atoms with Gasteiger partial charge < -0.3 is 29.0 Å². The number of rotatable bonds is 7. The van der Waals surface area contributed by atoms with Gasteiger partial charge in [0, 0.05) is 19.2 Å². The monoisotopic (exact) mass is 439 g/mol. The lowest BCUT2D eigenvalue weighted by molar-refractivity contribution is -0.140. The average Bonchev–Trinajstić information content (AvgIpc) is 3.07. The molecule has 168 valence electrons. The molecule has 0 saturated carbocycles. The number of Topliss-reactive ketones (excluding diaryl/α,β-unsaturated/α-hetero) is 1. The van der Waals surface area contributed by atoms with Crippen molar-refractivity contribution in [2.45, 2.75) is 13.0 Å². The van der Waals surface area contributed by atoms with Crippen LogP contribution in [0.1, 0.15) is 24.1 Å². The molecule has 1 saturated heterocycles. The van der Waals surface area contributed by atoms with E-state index in [0.29, 0.717) is 48.2 Å². The highest BCUT2D eigenvalue weighted by Gasteiger charge is 2.46. The molecule has 0 aromatic heterocycles. The fourth-order valence-electron chi connectivity index (χ4n) is 3.93. The van der Waals surface area contributed by atoms with Crippen molar-refractivity contribution in [2.24, 2.45) is 0 Å². The van der Waals surface area contributed by atoms with Gasteiger partial charge in [-0.15, -0.1) is 0 Å². The Balaban J connectivity index is 1.82. The zero-order valence-electron chi connectivity index (χ0n) is 18.0. The number of aliphatic hydroxyl groups is 1. The van der Waals surface area contributed by atoms with E-state index in [1.807, 2.05) is 6.92 Å². The Bertz CT molecular complexity index is 1060. The topological polar surface area (TPSA) is 94.5 Å². The van der Waals surface area contributed by atoms with Crippen LogP contribution in [0.15, 0.2) is 48.0 Å². The first-order valence-electron chi connectivity index (χ1n) is 10.4. The average molecular weight is 439 g/mol. The molecule has 2 heterocycles. The predicted octanol–water partition coefficient (Wildman–Crippen LogP) is 2.92. The number of nitrogens with zero attached hydrogens (tertiary/aromatic N) is 1. The van der Waals surface area contributed by atoms with Crippen molar-refractivity contribution in [3.8, 4) is 17.2 Å². The van der Waals surface area contributed by atoms with Crippen molar-refractivity contribution in [3.05, 3.63) is 59.2 Å². The normalized spacial score (nSPS) is 19.3. The summed E-state index contributed by atoms with van der Waals surface area (Å²) in [6, 6.07) is 11.3. The smallest absolute Gasteiger partial charge is 0.295 e. The number of benzene rings is 2. The summed E-state index contributed by atoms with van der Waals surface area (Å²) in [7, 11) is 1.52. The van der Waals surface area contributed by atoms with Crippen LogP contribution in [0.5, 0.6) is 17.2 Å². The number of amides is 1. The minimum Gasteiger partial charge on any atom is -0.507 e. The van der Waals surface area contributed by atoms with Crippen molar-refractivity contribution >= 4 is 17.4 Å². The van der Waals surface area contributed by atoms with Crippen molar-refractivity contribution in [1.82, 2.24) is 4.90 Å². The molecule has 1 fully saturated rings. The fraction of sp³-hybridized carbons (Fsp3) is 0.333. The van der Waals surface area contributed by atoms with Crippen molar-refractivity contribution in [3.63, 3.8) is 0 Å². The van der Waals surface area contributed by atoms with Crippen LogP contribution in [0.3, 0.4) is 0 Å². The van der Waals surface area contributed by atoms with Gasteiger partial charge in [0.2, 0.25) is 0 Å². The first kappa shape index (κ1) is 21.7. The summed E-state index contributed by atoms with van der Waals surface area (Å²) in [4.78, 5) is 27.3. The van der Waals surface area contributed by atoms with Gasteiger partial charge in [0.15, 0.2) is 11.5 Å². The van der Waals surface area contributed by atoms with E-state index in [4.69, 9.17) is 18.9 Å². The third kappa shape index (κ3) is 4.01. The maximum Gasteiger partial charge on any atom is 0.295 e. The lowest BCUT2D eigenvalue weighted by atomic mass is 9.95. The van der Waals surface area contributed by atoms with Crippen LogP contribution in [0.4, 0.5) is 0 Å². The van der Waals surface area contributed by atoms with Crippen LogP contribution < -0.4 is 14.2 Å². The van der Waals surface area contributed by atoms with E-state index < -0.39 is 17.7 Å². The number of carbonyl (C=O) groups is 2. The minimum absolute atomic E-state index is 0.0106. The first-order valence-corrected chi connectivity index (χ1v) is 10.4. The van der Waals surface area contributed by atoms with Gasteiger partial charge in [-0.1, -0.05) is 12.1 Å². The maximum absolute atomic E-state index is 13.0. The number of ketones is 1. The van der Waals surface area contributed by atoms with Gasteiger partial charge in [-0.05, 0) is 42.8 Å². The summed E-state index contributed by atoms with van der Waals surface area (Å²) in [6.07, 6.45) is 0. The second-order valence-electron chi connectivity index (χ2n) is 7.35. The molecule has 0 bridgehead atoms. The van der Waals surface area contributed by atoms with Gasteiger partial charge in [-0.25, -0.2) is 0 Å². The Morgan fingerprint density at radius 1 is 1.12 bits per heavy atom. The molecule has 1 atom stereocenters. The number of fused-ring (bicyclic) bond motifs is 1. The third-order valence-electron chi connectivity index (χ3n) is 5.38. The van der Waals surface area contributed by atoms with Crippen LogP contribution in [-0.4, -0.2) is 61.8 Å². The highest BCUT2D eigenvalue weighted by molar-refractivity contribution is 6.46. The molecule has 2 aliphatic rings. The quantitative estimate of drug-likeness (QED) is 0.403. The zero-order chi connectivity index (χ0) is 22.7. The molecule has 8 nitrogen and oxygen atoms in total. The molecule has 4 rings (SSSR count). The van der Waals surface area contributed by atoms with Crippen molar-refractivity contribution in [1.29, 1.82) is 0 Å². The van der Waals surface area contributed by atoms with Crippen molar-refractivity contribution in [2.75, 3.05) is 40.1 Å². The Labute approximate surface area is 185 Å². The Kier molecular flexibility index (Phi) is 6.32. The molecule has 32 heavy (non-hydrogen) atoms. The number of hydrogen-bond acceptors (Lipinski definition) is 7. The van der Waals surface area contributed by atoms with Gasteiger partial charge >= 0.3 is 0 Å². The number of methoxy groups -OCH3 is 1. The summed E-state index contributed by atoms with van der Waals surface area (Å²) in [5, 5.41) is 11.2. The molecule has 2 aliphatic heterocycles. The number of hydrogen-bond donors (Lipinski definition) is 1. The third-order valence-corrected chi connectivity index (χ3v) is 5.38. The van der Waals surface area contributed by atoms with Gasteiger partial charge in [0.25, 0.3) is 11.7 Å². The van der Waals surface area contributed by atoms with Crippen LogP contribution in [0.2, 0.25) is 0 Å². The summed E-state index contributed by atoms with van der Waals surface area (Å²) in [5.41, 5.74) is 1.03. The summed E-state index contributed by atoms with van der Waals surface area (Å²) in [6.45, 7) is 3.63. The van der Waals surface area contributed by atoms with Gasteiger partial charge in [0.1, 0.15) is 24.7 Å². The van der Waals surface area contributed by atoms with Gasteiger partial charge in [0.05, 0.1) is 24.8 Å². The number of aliphatic hydroxyl groups excluding tert-OH is 1. The van der Waals surface area contributed by atoms with Crippen molar-refractivity contribution < 1.29 is 33.6 Å². The van der Waals surface area contributed by atoms with Crippen LogP contribution in [0.25, 0.3) is 5.76 Å². The zero-order valence-corrected chi connectivity index (χ0v) is 18.0. The van der Waals surface area contributed by atoms with E-state index in [1.54, 1.807) is 42.5 Å². The standard InChI is InChI=1S/C24H25NO7/c1-3-30-17-6-4-5-15(13-17)21-20(23(27)24(28)25(21)9-10-29-2)22(26)16-7-8-18-19(14-16)32-12-11-31-18/h4-8,13-14,21,26H,3,9-12H2,1-2H3/t21-/m1/s1. The predicted molar refractivity (Wildman–Crippen MR) is 116 cm³/mol. The highest BCUT2D eigenvalue weighted by atomic mass is 16.6. The van der Waals surface area contributed by atoms with Crippen LogP contribution in [-0.2, 0) is 14.3 Å². The molecule has 0 radical (unpaired) electrons. The number of likely N-dealkylation sites (tertiary alicyclic amines) is 1. The van der Waals surface area contributed by atoms with E-state index >= 15 is 0 Å². The summed E-state index contributed by atoms with van der Waals surface area (Å²) < 4.78 is 21.9. The Hall–Kier alpha value is -3.52. The largest absolute Gasteiger partial charge is 0.507 e.